The van der Waals surface area contributed by atoms with Gasteiger partial charge in [0.05, 0.1) is 0 Å². The van der Waals surface area contributed by atoms with Crippen LogP contribution in [0, 0.1) is 18.3 Å². The first kappa shape index (κ1) is 6.69. The van der Waals surface area contributed by atoms with E-state index in [9.17, 15) is 0 Å². The molecule has 0 amide bonds. The van der Waals surface area contributed by atoms with E-state index in [1.165, 1.54) is 38.5 Å². The van der Waals surface area contributed by atoms with Gasteiger partial charge >= 0.3 is 0 Å². The van der Waals surface area contributed by atoms with Crippen LogP contribution in [0.3, 0.4) is 0 Å². The van der Waals surface area contributed by atoms with Crippen molar-refractivity contribution in [3.63, 3.8) is 0 Å². The maximum Gasteiger partial charge on any atom is -0.0383 e. The summed E-state index contributed by atoms with van der Waals surface area (Å²) in [6, 6.07) is 0. The molecule has 10 heavy (non-hydrogen) atoms. The highest BCUT2D eigenvalue weighted by Gasteiger charge is 2.26. The van der Waals surface area contributed by atoms with Crippen molar-refractivity contribution in [1.82, 2.24) is 0 Å². The van der Waals surface area contributed by atoms with Crippen molar-refractivity contribution in [2.45, 2.75) is 44.9 Å². The third kappa shape index (κ3) is 1.21. The molecule has 57 valence electrons. The standard InChI is InChI=1S/C10H17/c1-2-6-10-8-4-3-7-9(10)5-1/h1,9-10H,2-8H2. The van der Waals surface area contributed by atoms with Crippen molar-refractivity contribution in [2.75, 3.05) is 0 Å². The Kier molecular flexibility index (Phi) is 1.97. The summed E-state index contributed by atoms with van der Waals surface area (Å²) >= 11 is 0. The molecular weight excluding hydrogens is 120 g/mol. The molecule has 0 aromatic heterocycles. The van der Waals surface area contributed by atoms with Gasteiger partial charge in [0.1, 0.15) is 0 Å². The predicted octanol–water partition coefficient (Wildman–Crippen LogP) is 3.18. The molecule has 0 aliphatic heterocycles. The zero-order chi connectivity index (χ0) is 6.81. The molecule has 2 aliphatic carbocycles. The van der Waals surface area contributed by atoms with Crippen molar-refractivity contribution in [3.8, 4) is 0 Å². The fourth-order valence-corrected chi connectivity index (χ4v) is 2.64. The Morgan fingerprint density at radius 2 is 1.70 bits per heavy atom. The fraction of sp³-hybridized carbons (Fsp3) is 0.900. The molecule has 0 heterocycles. The highest BCUT2D eigenvalue weighted by molar-refractivity contribution is 4.86. The maximum absolute atomic E-state index is 2.51. The molecule has 1 radical (unpaired) electrons. The minimum atomic E-state index is 1.10. The van der Waals surface area contributed by atoms with E-state index in [4.69, 9.17) is 0 Å². The van der Waals surface area contributed by atoms with Crippen molar-refractivity contribution in [3.05, 3.63) is 6.42 Å². The van der Waals surface area contributed by atoms with Gasteiger partial charge in [-0.1, -0.05) is 25.7 Å². The van der Waals surface area contributed by atoms with Crippen LogP contribution in [0.15, 0.2) is 0 Å². The lowest BCUT2D eigenvalue weighted by molar-refractivity contribution is 0.197. The van der Waals surface area contributed by atoms with Crippen LogP contribution in [-0.2, 0) is 0 Å². The van der Waals surface area contributed by atoms with Gasteiger partial charge in [0.2, 0.25) is 0 Å². The van der Waals surface area contributed by atoms with Crippen LogP contribution in [0.5, 0.6) is 0 Å². The molecule has 2 unspecified atom stereocenters. The van der Waals surface area contributed by atoms with Gasteiger partial charge in [-0.15, -0.1) is 0 Å². The normalized spacial score (nSPS) is 40.8. The quantitative estimate of drug-likeness (QED) is 0.481. The van der Waals surface area contributed by atoms with E-state index in [1.54, 1.807) is 6.42 Å². The summed E-state index contributed by atoms with van der Waals surface area (Å²) in [5, 5.41) is 0. The summed E-state index contributed by atoms with van der Waals surface area (Å²) in [4.78, 5) is 0. The van der Waals surface area contributed by atoms with Crippen LogP contribution in [-0.4, -0.2) is 0 Å². The molecule has 0 saturated heterocycles. The van der Waals surface area contributed by atoms with Gasteiger partial charge in [-0.05, 0) is 37.5 Å². The first-order chi connectivity index (χ1) is 4.97. The number of fused-ring (bicyclic) bond motifs is 1. The van der Waals surface area contributed by atoms with E-state index in [0.29, 0.717) is 0 Å². The van der Waals surface area contributed by atoms with E-state index in [0.717, 1.165) is 11.8 Å². The Morgan fingerprint density at radius 1 is 0.900 bits per heavy atom. The smallest absolute Gasteiger partial charge is 0.0383 e. The molecule has 2 saturated carbocycles. The van der Waals surface area contributed by atoms with Gasteiger partial charge in [-0.2, -0.15) is 0 Å². The Bertz CT molecular complexity index is 80.6. The molecule has 0 aromatic carbocycles. The van der Waals surface area contributed by atoms with Gasteiger partial charge in [0, 0.05) is 0 Å². The van der Waals surface area contributed by atoms with Gasteiger partial charge in [-0.25, -0.2) is 0 Å². The van der Waals surface area contributed by atoms with E-state index in [-0.39, 0.29) is 0 Å². The summed E-state index contributed by atoms with van der Waals surface area (Å²) in [6.45, 7) is 0. The molecule has 2 rings (SSSR count). The monoisotopic (exact) mass is 137 g/mol. The lowest BCUT2D eigenvalue weighted by Crippen LogP contribution is -2.22. The van der Waals surface area contributed by atoms with Crippen molar-refractivity contribution in [1.29, 1.82) is 0 Å². The zero-order valence-corrected chi connectivity index (χ0v) is 6.68. The molecule has 0 spiro atoms. The largest absolute Gasteiger partial charge is 0.0530 e. The van der Waals surface area contributed by atoms with Gasteiger partial charge in [0.25, 0.3) is 0 Å². The SMILES string of the molecule is [CH]1CCC2CCCCC2C1. The highest BCUT2D eigenvalue weighted by Crippen LogP contribution is 2.39. The van der Waals surface area contributed by atoms with Crippen molar-refractivity contribution >= 4 is 0 Å². The minimum absolute atomic E-state index is 1.10. The summed E-state index contributed by atoms with van der Waals surface area (Å²) in [5.74, 6) is 2.22. The average molecular weight is 137 g/mol. The zero-order valence-electron chi connectivity index (χ0n) is 6.68. The summed E-state index contributed by atoms with van der Waals surface area (Å²) < 4.78 is 0. The van der Waals surface area contributed by atoms with Gasteiger partial charge < -0.3 is 0 Å². The highest BCUT2D eigenvalue weighted by atomic mass is 14.3. The van der Waals surface area contributed by atoms with Crippen LogP contribution in [0.25, 0.3) is 0 Å². The van der Waals surface area contributed by atoms with Crippen LogP contribution < -0.4 is 0 Å². The molecule has 0 aromatic rings. The second-order valence-corrected chi connectivity index (χ2v) is 3.91. The molecule has 0 bridgehead atoms. The predicted molar refractivity (Wildman–Crippen MR) is 43.6 cm³/mol. The average Bonchev–Trinajstić information content (AvgIpc) is 2.05. The fourth-order valence-electron chi connectivity index (χ4n) is 2.64. The topological polar surface area (TPSA) is 0 Å². The third-order valence-electron chi connectivity index (χ3n) is 3.28. The molecule has 2 fully saturated rings. The first-order valence-electron chi connectivity index (χ1n) is 4.78. The molecule has 0 N–H and O–H groups in total. The Balaban J connectivity index is 1.93. The van der Waals surface area contributed by atoms with Crippen LogP contribution in [0.2, 0.25) is 0 Å². The summed E-state index contributed by atoms with van der Waals surface area (Å²) in [5.41, 5.74) is 0. The lowest BCUT2D eigenvalue weighted by atomic mass is 9.71. The summed E-state index contributed by atoms with van der Waals surface area (Å²) in [7, 11) is 0. The lowest BCUT2D eigenvalue weighted by Gasteiger charge is -2.35. The Hall–Kier alpha value is 0. The van der Waals surface area contributed by atoms with Crippen LogP contribution in [0.4, 0.5) is 0 Å². The maximum atomic E-state index is 2.51. The minimum Gasteiger partial charge on any atom is -0.0530 e. The molecule has 0 nitrogen and oxygen atoms in total. The second-order valence-electron chi connectivity index (χ2n) is 3.91. The van der Waals surface area contributed by atoms with Crippen LogP contribution in [0.1, 0.15) is 44.9 Å². The Labute approximate surface area is 64.0 Å². The number of hydrogen-bond acceptors (Lipinski definition) is 0. The van der Waals surface area contributed by atoms with Gasteiger partial charge in [-0.3, -0.25) is 0 Å². The van der Waals surface area contributed by atoms with Crippen molar-refractivity contribution in [2.24, 2.45) is 11.8 Å². The number of hydrogen-bond donors (Lipinski definition) is 0. The Morgan fingerprint density at radius 3 is 2.50 bits per heavy atom. The molecule has 2 atom stereocenters. The van der Waals surface area contributed by atoms with E-state index >= 15 is 0 Å². The first-order valence-corrected chi connectivity index (χ1v) is 4.78. The molecule has 0 heteroatoms. The van der Waals surface area contributed by atoms with E-state index < -0.39 is 0 Å². The second kappa shape index (κ2) is 2.94. The molecular formula is C10H17. The van der Waals surface area contributed by atoms with Crippen molar-refractivity contribution < 1.29 is 0 Å². The van der Waals surface area contributed by atoms with Gasteiger partial charge in [0.15, 0.2) is 0 Å². The van der Waals surface area contributed by atoms with Crippen LogP contribution >= 0.6 is 0 Å². The van der Waals surface area contributed by atoms with E-state index in [1.807, 2.05) is 0 Å². The third-order valence-corrected chi connectivity index (χ3v) is 3.28. The van der Waals surface area contributed by atoms with E-state index in [2.05, 4.69) is 6.42 Å². The summed E-state index contributed by atoms with van der Waals surface area (Å²) in [6.07, 6.45) is 12.9. The number of rotatable bonds is 0. The molecule has 2 aliphatic rings.